The molecule has 0 aliphatic rings. The van der Waals surface area contributed by atoms with E-state index in [0.717, 1.165) is 5.69 Å². The van der Waals surface area contributed by atoms with Crippen molar-refractivity contribution in [1.82, 2.24) is 14.6 Å². The standard InChI is InChI=1S/C10H10ClN3O2/c1-5(2)7-3-8-12-4-6(11)9(10(15)16)14(8)13-7/h3-5H,1-2H3,(H,15,16). The van der Waals surface area contributed by atoms with Crippen LogP contribution in [0.3, 0.4) is 0 Å². The van der Waals surface area contributed by atoms with E-state index in [-0.39, 0.29) is 16.6 Å². The van der Waals surface area contributed by atoms with Crippen LogP contribution >= 0.6 is 11.6 Å². The van der Waals surface area contributed by atoms with Crippen LogP contribution in [0.4, 0.5) is 0 Å². The van der Waals surface area contributed by atoms with Gasteiger partial charge in [-0.1, -0.05) is 25.4 Å². The van der Waals surface area contributed by atoms with E-state index in [0.29, 0.717) is 5.65 Å². The number of fused-ring (bicyclic) bond motifs is 1. The lowest BCUT2D eigenvalue weighted by atomic mass is 10.1. The number of hydrogen-bond acceptors (Lipinski definition) is 3. The smallest absolute Gasteiger partial charge is 0.356 e. The third kappa shape index (κ3) is 1.63. The molecule has 0 unspecified atom stereocenters. The Morgan fingerprint density at radius 1 is 1.56 bits per heavy atom. The molecule has 0 fully saturated rings. The van der Waals surface area contributed by atoms with Gasteiger partial charge in [0.05, 0.1) is 16.9 Å². The molecule has 0 spiro atoms. The van der Waals surface area contributed by atoms with Crippen molar-refractivity contribution in [2.45, 2.75) is 19.8 Å². The molecule has 0 radical (unpaired) electrons. The van der Waals surface area contributed by atoms with E-state index < -0.39 is 5.97 Å². The Bertz CT molecular complexity index is 562. The highest BCUT2D eigenvalue weighted by Gasteiger charge is 2.17. The first-order chi connectivity index (χ1) is 7.50. The van der Waals surface area contributed by atoms with Crippen molar-refractivity contribution in [1.29, 1.82) is 0 Å². The van der Waals surface area contributed by atoms with Crippen LogP contribution in [0.15, 0.2) is 12.3 Å². The lowest BCUT2D eigenvalue weighted by Crippen LogP contribution is -2.08. The third-order valence-corrected chi connectivity index (χ3v) is 2.53. The Kier molecular flexibility index (Phi) is 2.55. The summed E-state index contributed by atoms with van der Waals surface area (Å²) in [7, 11) is 0. The molecule has 1 N–H and O–H groups in total. The molecule has 2 rings (SSSR count). The van der Waals surface area contributed by atoms with Crippen LogP contribution < -0.4 is 0 Å². The minimum atomic E-state index is -1.11. The van der Waals surface area contributed by atoms with E-state index in [1.807, 2.05) is 13.8 Å². The summed E-state index contributed by atoms with van der Waals surface area (Å²) >= 11 is 5.78. The Morgan fingerprint density at radius 2 is 2.25 bits per heavy atom. The zero-order valence-electron chi connectivity index (χ0n) is 8.81. The van der Waals surface area contributed by atoms with E-state index in [2.05, 4.69) is 10.1 Å². The van der Waals surface area contributed by atoms with Gasteiger partial charge in [0.15, 0.2) is 11.3 Å². The lowest BCUT2D eigenvalue weighted by Gasteiger charge is -2.01. The van der Waals surface area contributed by atoms with Crippen LogP contribution in [0.25, 0.3) is 5.65 Å². The Balaban J connectivity index is 2.77. The molecule has 0 amide bonds. The van der Waals surface area contributed by atoms with Gasteiger partial charge in [0.25, 0.3) is 0 Å². The van der Waals surface area contributed by atoms with E-state index in [1.165, 1.54) is 10.7 Å². The molecule has 6 heteroatoms. The van der Waals surface area contributed by atoms with Gasteiger partial charge < -0.3 is 5.11 Å². The maximum Gasteiger partial charge on any atom is 0.356 e. The third-order valence-electron chi connectivity index (χ3n) is 2.25. The SMILES string of the molecule is CC(C)c1cc2ncc(Cl)c(C(=O)O)n2n1. The molecular formula is C10H10ClN3O2. The normalized spacial score (nSPS) is 11.2. The average molecular weight is 240 g/mol. The second kappa shape index (κ2) is 3.75. The van der Waals surface area contributed by atoms with Crippen LogP contribution in [0, 0.1) is 0 Å². The Hall–Kier alpha value is -1.62. The van der Waals surface area contributed by atoms with Crippen LogP contribution in [0.1, 0.15) is 35.9 Å². The van der Waals surface area contributed by atoms with Crippen LogP contribution in [0.2, 0.25) is 5.02 Å². The summed E-state index contributed by atoms with van der Waals surface area (Å²) in [6.07, 6.45) is 1.33. The molecule has 0 atom stereocenters. The summed E-state index contributed by atoms with van der Waals surface area (Å²) in [5.41, 5.74) is 1.22. The first-order valence-corrected chi connectivity index (χ1v) is 5.16. The lowest BCUT2D eigenvalue weighted by molar-refractivity contribution is 0.0687. The minimum Gasteiger partial charge on any atom is -0.476 e. The first-order valence-electron chi connectivity index (χ1n) is 4.78. The highest BCUT2D eigenvalue weighted by atomic mass is 35.5. The number of carbonyl (C=O) groups is 1. The molecule has 0 saturated heterocycles. The zero-order chi connectivity index (χ0) is 11.9. The quantitative estimate of drug-likeness (QED) is 0.873. The molecule has 16 heavy (non-hydrogen) atoms. The largest absolute Gasteiger partial charge is 0.476 e. The number of halogens is 1. The number of hydrogen-bond donors (Lipinski definition) is 1. The molecule has 0 aliphatic heterocycles. The van der Waals surface area contributed by atoms with E-state index in [4.69, 9.17) is 16.7 Å². The molecule has 84 valence electrons. The number of carboxylic acids is 1. The van der Waals surface area contributed by atoms with Crippen LogP contribution in [0.5, 0.6) is 0 Å². The molecule has 2 heterocycles. The van der Waals surface area contributed by atoms with Gasteiger partial charge in [-0.3, -0.25) is 0 Å². The van der Waals surface area contributed by atoms with E-state index >= 15 is 0 Å². The average Bonchev–Trinajstić information content (AvgIpc) is 2.60. The molecule has 0 bridgehead atoms. The summed E-state index contributed by atoms with van der Waals surface area (Å²) in [4.78, 5) is 15.1. The predicted molar refractivity (Wildman–Crippen MR) is 59.0 cm³/mol. The van der Waals surface area contributed by atoms with Crippen molar-refractivity contribution in [2.75, 3.05) is 0 Å². The summed E-state index contributed by atoms with van der Waals surface area (Å²) in [5, 5.41) is 13.3. The summed E-state index contributed by atoms with van der Waals surface area (Å²) < 4.78 is 1.26. The fraction of sp³-hybridized carbons (Fsp3) is 0.300. The number of aromatic nitrogens is 3. The van der Waals surface area contributed by atoms with Gasteiger partial charge in [0, 0.05) is 6.07 Å². The zero-order valence-corrected chi connectivity index (χ0v) is 9.56. The van der Waals surface area contributed by atoms with Crippen LogP contribution in [-0.4, -0.2) is 25.7 Å². The molecule has 2 aromatic heterocycles. The Labute approximate surface area is 96.7 Å². The monoisotopic (exact) mass is 239 g/mol. The summed E-state index contributed by atoms with van der Waals surface area (Å²) in [6.45, 7) is 3.95. The minimum absolute atomic E-state index is 0.0569. The summed E-state index contributed by atoms with van der Waals surface area (Å²) in [5.74, 6) is -0.905. The fourth-order valence-electron chi connectivity index (χ4n) is 1.41. The number of rotatable bonds is 2. The van der Waals surface area contributed by atoms with Gasteiger partial charge in [0.2, 0.25) is 0 Å². The van der Waals surface area contributed by atoms with Gasteiger partial charge in [-0.05, 0) is 5.92 Å². The second-order valence-electron chi connectivity index (χ2n) is 3.75. The second-order valence-corrected chi connectivity index (χ2v) is 4.16. The van der Waals surface area contributed by atoms with Crippen molar-refractivity contribution in [2.24, 2.45) is 0 Å². The van der Waals surface area contributed by atoms with E-state index in [9.17, 15) is 4.79 Å². The molecule has 2 aromatic rings. The predicted octanol–water partition coefficient (Wildman–Crippen LogP) is 2.20. The Morgan fingerprint density at radius 3 is 2.81 bits per heavy atom. The van der Waals surface area contributed by atoms with Gasteiger partial charge in [-0.15, -0.1) is 0 Å². The highest BCUT2D eigenvalue weighted by molar-refractivity contribution is 6.33. The van der Waals surface area contributed by atoms with Crippen LogP contribution in [-0.2, 0) is 0 Å². The molecule has 0 saturated carbocycles. The topological polar surface area (TPSA) is 67.5 Å². The van der Waals surface area contributed by atoms with E-state index in [1.54, 1.807) is 6.07 Å². The highest BCUT2D eigenvalue weighted by Crippen LogP contribution is 2.19. The number of nitrogens with zero attached hydrogens (tertiary/aromatic N) is 3. The molecular weight excluding hydrogens is 230 g/mol. The molecule has 5 nitrogen and oxygen atoms in total. The van der Waals surface area contributed by atoms with Crippen molar-refractivity contribution in [3.63, 3.8) is 0 Å². The molecule has 0 aromatic carbocycles. The van der Waals surface area contributed by atoms with Gasteiger partial charge in [0.1, 0.15) is 0 Å². The maximum atomic E-state index is 11.0. The number of aromatic carboxylic acids is 1. The number of carboxylic acid groups (broad SMARTS) is 1. The van der Waals surface area contributed by atoms with Crippen molar-refractivity contribution in [3.05, 3.63) is 28.7 Å². The van der Waals surface area contributed by atoms with Gasteiger partial charge in [-0.25, -0.2) is 14.3 Å². The van der Waals surface area contributed by atoms with Crippen molar-refractivity contribution < 1.29 is 9.90 Å². The molecule has 0 aliphatic carbocycles. The van der Waals surface area contributed by atoms with Crippen molar-refractivity contribution in [3.8, 4) is 0 Å². The maximum absolute atomic E-state index is 11.0. The van der Waals surface area contributed by atoms with Gasteiger partial charge in [-0.2, -0.15) is 5.10 Å². The first kappa shape index (κ1) is 10.9. The fourth-order valence-corrected chi connectivity index (χ4v) is 1.62. The van der Waals surface area contributed by atoms with Gasteiger partial charge >= 0.3 is 5.97 Å². The van der Waals surface area contributed by atoms with Crippen molar-refractivity contribution >= 4 is 23.2 Å². The summed E-state index contributed by atoms with van der Waals surface area (Å²) in [6, 6.07) is 1.76.